The maximum atomic E-state index is 11.6. The Balaban J connectivity index is 2.21. The van der Waals surface area contributed by atoms with E-state index in [0.717, 1.165) is 13.0 Å². The molecule has 0 aliphatic heterocycles. The average molecular weight is 260 g/mol. The van der Waals surface area contributed by atoms with Crippen LogP contribution < -0.4 is 10.0 Å². The lowest BCUT2D eigenvalue weighted by Gasteiger charge is -2.08. The van der Waals surface area contributed by atoms with Gasteiger partial charge in [-0.15, -0.1) is 0 Å². The molecule has 17 heavy (non-hydrogen) atoms. The molecule has 7 heteroatoms. The summed E-state index contributed by atoms with van der Waals surface area (Å²) in [7, 11) is -3.24. The van der Waals surface area contributed by atoms with E-state index in [0.29, 0.717) is 18.2 Å². The number of anilines is 1. The van der Waals surface area contributed by atoms with Crippen LogP contribution in [0.15, 0.2) is 12.4 Å². The van der Waals surface area contributed by atoms with Crippen molar-refractivity contribution in [1.29, 1.82) is 0 Å². The highest BCUT2D eigenvalue weighted by Gasteiger charge is 2.10. The van der Waals surface area contributed by atoms with Gasteiger partial charge in [-0.05, 0) is 19.4 Å². The fraction of sp³-hybridized carbons (Fsp3) is 0.700. The molecule has 1 rings (SSSR count). The molecule has 0 saturated carbocycles. The van der Waals surface area contributed by atoms with Crippen LogP contribution in [0.1, 0.15) is 26.7 Å². The molecule has 0 amide bonds. The highest BCUT2D eigenvalue weighted by molar-refractivity contribution is 7.92. The van der Waals surface area contributed by atoms with Gasteiger partial charge in [0.05, 0.1) is 17.6 Å². The third-order valence-electron chi connectivity index (χ3n) is 2.16. The van der Waals surface area contributed by atoms with E-state index in [1.54, 1.807) is 0 Å². The van der Waals surface area contributed by atoms with Gasteiger partial charge in [0.25, 0.3) is 0 Å². The third-order valence-corrected chi connectivity index (χ3v) is 3.54. The maximum absolute atomic E-state index is 11.6. The van der Waals surface area contributed by atoms with Crippen molar-refractivity contribution in [3.8, 4) is 0 Å². The minimum atomic E-state index is -3.24. The van der Waals surface area contributed by atoms with Gasteiger partial charge >= 0.3 is 0 Å². The van der Waals surface area contributed by atoms with E-state index in [4.69, 9.17) is 0 Å². The van der Waals surface area contributed by atoms with Crippen molar-refractivity contribution in [2.24, 2.45) is 0 Å². The van der Waals surface area contributed by atoms with Crippen LogP contribution in [0.4, 0.5) is 5.69 Å². The molecule has 1 aromatic rings. The van der Waals surface area contributed by atoms with Gasteiger partial charge in [-0.2, -0.15) is 5.10 Å². The number of H-pyrrole nitrogens is 1. The van der Waals surface area contributed by atoms with E-state index in [1.165, 1.54) is 12.4 Å². The molecule has 98 valence electrons. The topological polar surface area (TPSA) is 86.9 Å². The van der Waals surface area contributed by atoms with Crippen LogP contribution in [0, 0.1) is 0 Å². The Bertz CT molecular complexity index is 400. The molecule has 1 heterocycles. The Morgan fingerprint density at radius 1 is 1.41 bits per heavy atom. The van der Waals surface area contributed by atoms with Gasteiger partial charge in [0.2, 0.25) is 10.0 Å². The van der Waals surface area contributed by atoms with Crippen LogP contribution in [0.5, 0.6) is 0 Å². The number of hydrogen-bond acceptors (Lipinski definition) is 4. The Kier molecular flexibility index (Phi) is 5.43. The zero-order valence-electron chi connectivity index (χ0n) is 10.2. The molecule has 3 N–H and O–H groups in total. The molecule has 0 unspecified atom stereocenters. The summed E-state index contributed by atoms with van der Waals surface area (Å²) in [4.78, 5) is 0. The normalized spacial score (nSPS) is 11.9. The van der Waals surface area contributed by atoms with Gasteiger partial charge in [-0.3, -0.25) is 9.82 Å². The van der Waals surface area contributed by atoms with E-state index in [2.05, 4.69) is 34.1 Å². The number of unbranched alkanes of at least 4 members (excludes halogenated alkanes) is 1. The molecule has 0 saturated heterocycles. The van der Waals surface area contributed by atoms with Gasteiger partial charge in [0.15, 0.2) is 0 Å². The molecular formula is C10H20N4O2S. The number of aromatic amines is 1. The summed E-state index contributed by atoms with van der Waals surface area (Å²) in [5.74, 6) is 0.137. The number of rotatable bonds is 8. The molecule has 1 aromatic heterocycles. The van der Waals surface area contributed by atoms with Gasteiger partial charge in [-0.25, -0.2) is 8.42 Å². The molecule has 0 radical (unpaired) electrons. The monoisotopic (exact) mass is 260 g/mol. The predicted octanol–water partition coefficient (Wildman–Crippen LogP) is 0.930. The van der Waals surface area contributed by atoms with Crippen LogP contribution in [0.2, 0.25) is 0 Å². The summed E-state index contributed by atoms with van der Waals surface area (Å²) >= 11 is 0. The minimum absolute atomic E-state index is 0.137. The van der Waals surface area contributed by atoms with Crippen molar-refractivity contribution >= 4 is 15.7 Å². The number of hydrogen-bond donors (Lipinski definition) is 3. The molecule has 0 aliphatic rings. The first kappa shape index (κ1) is 14.0. The summed E-state index contributed by atoms with van der Waals surface area (Å²) in [5.41, 5.74) is 0.477. The minimum Gasteiger partial charge on any atom is -0.315 e. The number of nitrogens with one attached hydrogen (secondary N) is 3. The fourth-order valence-electron chi connectivity index (χ4n) is 1.35. The van der Waals surface area contributed by atoms with Crippen molar-refractivity contribution in [2.75, 3.05) is 17.0 Å². The Hall–Kier alpha value is -1.08. The Morgan fingerprint density at radius 3 is 2.76 bits per heavy atom. The Labute approximate surface area is 102 Å². The smallest absolute Gasteiger partial charge is 0.232 e. The van der Waals surface area contributed by atoms with Crippen molar-refractivity contribution in [1.82, 2.24) is 15.5 Å². The van der Waals surface area contributed by atoms with Gasteiger partial charge < -0.3 is 5.32 Å². The van der Waals surface area contributed by atoms with Crippen molar-refractivity contribution in [3.63, 3.8) is 0 Å². The van der Waals surface area contributed by atoms with Gasteiger partial charge in [0.1, 0.15) is 0 Å². The SMILES string of the molecule is CC(C)NCCCCS(=O)(=O)Nc1cn[nH]c1. The second-order valence-corrected chi connectivity index (χ2v) is 6.07. The highest BCUT2D eigenvalue weighted by Crippen LogP contribution is 2.06. The maximum Gasteiger partial charge on any atom is 0.232 e. The number of nitrogens with zero attached hydrogens (tertiary/aromatic N) is 1. The summed E-state index contributed by atoms with van der Waals surface area (Å²) in [6.45, 7) is 4.98. The quantitative estimate of drug-likeness (QED) is 0.607. The first-order valence-electron chi connectivity index (χ1n) is 5.72. The van der Waals surface area contributed by atoms with Crippen LogP contribution in [0.25, 0.3) is 0 Å². The van der Waals surface area contributed by atoms with E-state index in [-0.39, 0.29) is 5.75 Å². The van der Waals surface area contributed by atoms with E-state index in [9.17, 15) is 8.42 Å². The zero-order chi connectivity index (χ0) is 12.7. The molecule has 6 nitrogen and oxygen atoms in total. The van der Waals surface area contributed by atoms with Crippen molar-refractivity contribution < 1.29 is 8.42 Å². The van der Waals surface area contributed by atoms with E-state index in [1.807, 2.05) is 0 Å². The first-order valence-corrected chi connectivity index (χ1v) is 7.37. The fourth-order valence-corrected chi connectivity index (χ4v) is 2.50. The van der Waals surface area contributed by atoms with Gasteiger partial charge in [-0.1, -0.05) is 13.8 Å². The van der Waals surface area contributed by atoms with Crippen LogP contribution >= 0.6 is 0 Å². The standard InChI is InChI=1S/C10H20N4O2S/c1-9(2)11-5-3-4-6-17(15,16)14-10-7-12-13-8-10/h7-9,11,14H,3-6H2,1-2H3,(H,12,13). The molecule has 0 fully saturated rings. The predicted molar refractivity (Wildman–Crippen MR) is 68.4 cm³/mol. The zero-order valence-corrected chi connectivity index (χ0v) is 11.0. The lowest BCUT2D eigenvalue weighted by molar-refractivity contribution is 0.561. The van der Waals surface area contributed by atoms with Crippen LogP contribution in [-0.2, 0) is 10.0 Å². The van der Waals surface area contributed by atoms with Crippen molar-refractivity contribution in [3.05, 3.63) is 12.4 Å². The average Bonchev–Trinajstić information content (AvgIpc) is 2.68. The number of sulfonamides is 1. The molecule has 0 spiro atoms. The molecule has 0 atom stereocenters. The second kappa shape index (κ2) is 6.61. The molecular weight excluding hydrogens is 240 g/mol. The summed E-state index contributed by atoms with van der Waals surface area (Å²) < 4.78 is 25.7. The highest BCUT2D eigenvalue weighted by atomic mass is 32.2. The van der Waals surface area contributed by atoms with E-state index < -0.39 is 10.0 Å². The Morgan fingerprint density at radius 2 is 2.18 bits per heavy atom. The van der Waals surface area contributed by atoms with Crippen molar-refractivity contribution in [2.45, 2.75) is 32.7 Å². The summed E-state index contributed by atoms with van der Waals surface area (Å²) in [5, 5.41) is 9.47. The summed E-state index contributed by atoms with van der Waals surface area (Å²) in [6, 6.07) is 0.440. The second-order valence-electron chi connectivity index (χ2n) is 4.22. The lowest BCUT2D eigenvalue weighted by Crippen LogP contribution is -2.24. The molecule has 0 aromatic carbocycles. The largest absolute Gasteiger partial charge is 0.315 e. The number of aromatic nitrogens is 2. The lowest BCUT2D eigenvalue weighted by atomic mass is 10.3. The van der Waals surface area contributed by atoms with Gasteiger partial charge in [0, 0.05) is 12.2 Å². The molecule has 0 aliphatic carbocycles. The third kappa shape index (κ3) is 6.28. The molecule has 0 bridgehead atoms. The van der Waals surface area contributed by atoms with Crippen LogP contribution in [-0.4, -0.2) is 37.0 Å². The first-order chi connectivity index (χ1) is 7.99. The van der Waals surface area contributed by atoms with E-state index >= 15 is 0 Å². The summed E-state index contributed by atoms with van der Waals surface area (Å²) in [6.07, 6.45) is 4.45. The van der Waals surface area contributed by atoms with Crippen LogP contribution in [0.3, 0.4) is 0 Å².